The van der Waals surface area contributed by atoms with Crippen LogP contribution in [0.4, 0.5) is 0 Å². The predicted octanol–water partition coefficient (Wildman–Crippen LogP) is 2.80. The van der Waals surface area contributed by atoms with Crippen molar-refractivity contribution in [2.75, 3.05) is 6.61 Å². The molecule has 6 heteroatoms. The van der Waals surface area contributed by atoms with Gasteiger partial charge in [0.2, 0.25) is 0 Å². The van der Waals surface area contributed by atoms with Crippen molar-refractivity contribution in [3.8, 4) is 5.75 Å². The molecule has 24 heavy (non-hydrogen) atoms. The highest BCUT2D eigenvalue weighted by Crippen LogP contribution is 2.16. The van der Waals surface area contributed by atoms with Gasteiger partial charge in [0.25, 0.3) is 5.56 Å². The standard InChI is InChI=1S/C18H17ClN2O3/c1-12-16-4-2-3-5-17(16)18(23)21(20-12)10-14(22)11-24-15-8-6-13(19)7-9-15/h2-9,14,22H,10-11H2,1H3/t14-/m0/s1. The summed E-state index contributed by atoms with van der Waals surface area (Å²) in [5.74, 6) is 0.605. The fourth-order valence-electron chi connectivity index (χ4n) is 2.50. The first-order valence-electron chi connectivity index (χ1n) is 7.57. The van der Waals surface area contributed by atoms with E-state index in [1.54, 1.807) is 30.3 Å². The SMILES string of the molecule is Cc1nn(C[C@H](O)COc2ccc(Cl)cc2)c(=O)c2ccccc12. The van der Waals surface area contributed by atoms with Crippen LogP contribution in [0.1, 0.15) is 5.69 Å². The van der Waals surface area contributed by atoms with E-state index in [0.717, 1.165) is 11.1 Å². The van der Waals surface area contributed by atoms with Crippen molar-refractivity contribution in [1.82, 2.24) is 9.78 Å². The number of benzene rings is 2. The molecule has 0 fully saturated rings. The van der Waals surface area contributed by atoms with Crippen LogP contribution in [0.15, 0.2) is 53.3 Å². The monoisotopic (exact) mass is 344 g/mol. The van der Waals surface area contributed by atoms with E-state index in [-0.39, 0.29) is 18.7 Å². The Labute approximate surface area is 144 Å². The molecule has 124 valence electrons. The lowest BCUT2D eigenvalue weighted by atomic mass is 10.1. The molecular formula is C18H17ClN2O3. The second-order valence-corrected chi connectivity index (χ2v) is 5.97. The summed E-state index contributed by atoms with van der Waals surface area (Å²) in [7, 11) is 0. The largest absolute Gasteiger partial charge is 0.491 e. The van der Waals surface area contributed by atoms with E-state index in [9.17, 15) is 9.90 Å². The number of nitrogens with zero attached hydrogens (tertiary/aromatic N) is 2. The molecule has 1 atom stereocenters. The van der Waals surface area contributed by atoms with Gasteiger partial charge in [-0.2, -0.15) is 5.10 Å². The number of halogens is 1. The van der Waals surface area contributed by atoms with Gasteiger partial charge in [-0.25, -0.2) is 4.68 Å². The third kappa shape index (κ3) is 3.58. The molecule has 5 nitrogen and oxygen atoms in total. The second kappa shape index (κ2) is 7.03. The molecule has 0 amide bonds. The third-order valence-corrected chi connectivity index (χ3v) is 3.94. The lowest BCUT2D eigenvalue weighted by molar-refractivity contribution is 0.0880. The van der Waals surface area contributed by atoms with Gasteiger partial charge in [0.15, 0.2) is 0 Å². The number of ether oxygens (including phenoxy) is 1. The van der Waals surface area contributed by atoms with E-state index >= 15 is 0 Å². The zero-order valence-corrected chi connectivity index (χ0v) is 13.9. The van der Waals surface area contributed by atoms with Gasteiger partial charge in [-0.15, -0.1) is 0 Å². The van der Waals surface area contributed by atoms with Gasteiger partial charge in [0.1, 0.15) is 18.5 Å². The number of aliphatic hydroxyl groups excluding tert-OH is 1. The zero-order valence-electron chi connectivity index (χ0n) is 13.1. The Morgan fingerprint density at radius 3 is 2.54 bits per heavy atom. The van der Waals surface area contributed by atoms with Crippen molar-refractivity contribution in [2.24, 2.45) is 0 Å². The molecule has 3 rings (SSSR count). The highest BCUT2D eigenvalue weighted by atomic mass is 35.5. The Hall–Kier alpha value is -2.37. The first kappa shape index (κ1) is 16.5. The summed E-state index contributed by atoms with van der Waals surface area (Å²) in [5.41, 5.74) is 0.526. The maximum atomic E-state index is 12.5. The molecule has 0 unspecified atom stereocenters. The average Bonchev–Trinajstić information content (AvgIpc) is 2.59. The summed E-state index contributed by atoms with van der Waals surface area (Å²) in [5, 5.41) is 16.5. The van der Waals surface area contributed by atoms with Gasteiger partial charge >= 0.3 is 0 Å². The van der Waals surface area contributed by atoms with E-state index in [2.05, 4.69) is 5.10 Å². The van der Waals surface area contributed by atoms with Crippen LogP contribution in [0.3, 0.4) is 0 Å². The number of rotatable bonds is 5. The minimum atomic E-state index is -0.855. The fraction of sp³-hybridized carbons (Fsp3) is 0.222. The van der Waals surface area contributed by atoms with Crippen LogP contribution in [-0.2, 0) is 6.54 Å². The Bertz CT molecular complexity index is 906. The van der Waals surface area contributed by atoms with Crippen molar-refractivity contribution < 1.29 is 9.84 Å². The van der Waals surface area contributed by atoms with E-state index in [4.69, 9.17) is 16.3 Å². The Morgan fingerprint density at radius 1 is 1.17 bits per heavy atom. The molecule has 0 saturated heterocycles. The van der Waals surface area contributed by atoms with E-state index < -0.39 is 6.10 Å². The topological polar surface area (TPSA) is 64.3 Å². The van der Waals surface area contributed by atoms with Crippen molar-refractivity contribution in [3.05, 3.63) is 69.6 Å². The van der Waals surface area contributed by atoms with Crippen molar-refractivity contribution in [3.63, 3.8) is 0 Å². The van der Waals surface area contributed by atoms with Crippen molar-refractivity contribution >= 4 is 22.4 Å². The minimum absolute atomic E-state index is 0.0572. The van der Waals surface area contributed by atoms with Gasteiger partial charge in [-0.3, -0.25) is 4.79 Å². The van der Waals surface area contributed by atoms with E-state index in [0.29, 0.717) is 16.2 Å². The number of aromatic nitrogens is 2. The van der Waals surface area contributed by atoms with Crippen molar-refractivity contribution in [1.29, 1.82) is 0 Å². The molecule has 0 bridgehead atoms. The minimum Gasteiger partial charge on any atom is -0.491 e. The molecule has 0 aliphatic rings. The molecular weight excluding hydrogens is 328 g/mol. The van der Waals surface area contributed by atoms with Gasteiger partial charge in [-0.1, -0.05) is 29.8 Å². The van der Waals surface area contributed by atoms with Crippen LogP contribution in [0.5, 0.6) is 5.75 Å². The molecule has 1 aromatic heterocycles. The summed E-state index contributed by atoms with van der Waals surface area (Å²) in [6, 6.07) is 14.2. The van der Waals surface area contributed by atoms with Gasteiger partial charge in [0, 0.05) is 10.4 Å². The van der Waals surface area contributed by atoms with E-state index in [1.165, 1.54) is 4.68 Å². The summed E-state index contributed by atoms with van der Waals surface area (Å²) in [6.45, 7) is 1.97. The predicted molar refractivity (Wildman–Crippen MR) is 93.7 cm³/mol. The van der Waals surface area contributed by atoms with Crippen LogP contribution in [0, 0.1) is 6.92 Å². The number of hydrogen-bond donors (Lipinski definition) is 1. The smallest absolute Gasteiger partial charge is 0.274 e. The molecule has 3 aromatic rings. The quantitative estimate of drug-likeness (QED) is 0.773. The first-order valence-corrected chi connectivity index (χ1v) is 7.95. The van der Waals surface area contributed by atoms with Crippen LogP contribution < -0.4 is 10.3 Å². The molecule has 1 N–H and O–H groups in total. The van der Waals surface area contributed by atoms with Crippen LogP contribution in [0.2, 0.25) is 5.02 Å². The third-order valence-electron chi connectivity index (χ3n) is 3.69. The number of aryl methyl sites for hydroxylation is 1. The summed E-state index contributed by atoms with van der Waals surface area (Å²) in [6.07, 6.45) is -0.855. The van der Waals surface area contributed by atoms with Gasteiger partial charge in [-0.05, 0) is 37.3 Å². The number of hydrogen-bond acceptors (Lipinski definition) is 4. The molecule has 2 aromatic carbocycles. The highest BCUT2D eigenvalue weighted by molar-refractivity contribution is 6.30. The second-order valence-electron chi connectivity index (χ2n) is 5.54. The number of fused-ring (bicyclic) bond motifs is 1. The Kier molecular flexibility index (Phi) is 4.83. The molecule has 0 spiro atoms. The van der Waals surface area contributed by atoms with Gasteiger partial charge in [0.05, 0.1) is 17.6 Å². The molecule has 0 aliphatic heterocycles. The molecule has 0 saturated carbocycles. The van der Waals surface area contributed by atoms with Crippen LogP contribution in [-0.4, -0.2) is 27.6 Å². The molecule has 1 heterocycles. The average molecular weight is 345 g/mol. The van der Waals surface area contributed by atoms with Gasteiger partial charge < -0.3 is 9.84 Å². The molecule has 0 radical (unpaired) electrons. The maximum Gasteiger partial charge on any atom is 0.274 e. The van der Waals surface area contributed by atoms with Crippen LogP contribution in [0.25, 0.3) is 10.8 Å². The zero-order chi connectivity index (χ0) is 17.1. The fourth-order valence-corrected chi connectivity index (χ4v) is 2.63. The summed E-state index contributed by atoms with van der Waals surface area (Å²) in [4.78, 5) is 12.5. The number of aliphatic hydroxyl groups is 1. The summed E-state index contributed by atoms with van der Waals surface area (Å²) < 4.78 is 6.79. The molecule has 0 aliphatic carbocycles. The Balaban J connectivity index is 1.73. The normalized spacial score (nSPS) is 12.3. The van der Waals surface area contributed by atoms with Crippen molar-refractivity contribution in [2.45, 2.75) is 19.6 Å². The van der Waals surface area contributed by atoms with Crippen LogP contribution >= 0.6 is 11.6 Å². The Morgan fingerprint density at radius 2 is 1.83 bits per heavy atom. The maximum absolute atomic E-state index is 12.5. The summed E-state index contributed by atoms with van der Waals surface area (Å²) >= 11 is 5.81. The highest BCUT2D eigenvalue weighted by Gasteiger charge is 2.12. The lowest BCUT2D eigenvalue weighted by Crippen LogP contribution is -2.32. The van der Waals surface area contributed by atoms with E-state index in [1.807, 2.05) is 25.1 Å². The lowest BCUT2D eigenvalue weighted by Gasteiger charge is -2.14. The first-order chi connectivity index (χ1) is 11.5.